The minimum Gasteiger partial charge on any atom is -0.508 e. The maximum Gasteiger partial charge on any atom is 0.238 e. The summed E-state index contributed by atoms with van der Waals surface area (Å²) in [6.07, 6.45) is 0. The summed E-state index contributed by atoms with van der Waals surface area (Å²) in [5.41, 5.74) is -0.745. The Balaban J connectivity index is 2.44. The second kappa shape index (κ2) is 5.13. The molecule has 0 unspecified atom stereocenters. The third-order valence-corrected chi connectivity index (χ3v) is 3.39. The van der Waals surface area contributed by atoms with E-state index >= 15 is 0 Å². The molecule has 1 heterocycles. The molecule has 1 aromatic heterocycles. The van der Waals surface area contributed by atoms with E-state index in [-0.39, 0.29) is 28.2 Å². The van der Waals surface area contributed by atoms with Crippen molar-refractivity contribution >= 4 is 11.0 Å². The highest BCUT2D eigenvalue weighted by Crippen LogP contribution is 2.42. The van der Waals surface area contributed by atoms with Crippen molar-refractivity contribution in [1.82, 2.24) is 0 Å². The zero-order valence-electron chi connectivity index (χ0n) is 11.9. The molecule has 23 heavy (non-hydrogen) atoms. The molecule has 0 aliphatic carbocycles. The minimum absolute atomic E-state index is 0.00393. The van der Waals surface area contributed by atoms with Gasteiger partial charge in [-0.15, -0.1) is 0 Å². The van der Waals surface area contributed by atoms with Crippen molar-refractivity contribution < 1.29 is 29.6 Å². The van der Waals surface area contributed by atoms with Crippen LogP contribution in [0.3, 0.4) is 0 Å². The first kappa shape index (κ1) is 14.6. The van der Waals surface area contributed by atoms with Gasteiger partial charge in [-0.25, -0.2) is 0 Å². The normalized spacial score (nSPS) is 10.8. The van der Waals surface area contributed by atoms with Crippen molar-refractivity contribution in [3.8, 4) is 40.1 Å². The Morgan fingerprint density at radius 1 is 1.00 bits per heavy atom. The van der Waals surface area contributed by atoms with Gasteiger partial charge < -0.3 is 29.6 Å². The van der Waals surface area contributed by atoms with Crippen LogP contribution in [0.1, 0.15) is 0 Å². The van der Waals surface area contributed by atoms with Crippen molar-refractivity contribution in [3.05, 3.63) is 40.6 Å². The topological polar surface area (TPSA) is 120 Å². The van der Waals surface area contributed by atoms with E-state index in [2.05, 4.69) is 0 Å². The molecule has 3 rings (SSSR count). The number of hydrogen-bond donors (Lipinski definition) is 4. The van der Waals surface area contributed by atoms with Gasteiger partial charge >= 0.3 is 0 Å². The van der Waals surface area contributed by atoms with Gasteiger partial charge in [-0.2, -0.15) is 0 Å². The van der Waals surface area contributed by atoms with Crippen LogP contribution in [0.5, 0.6) is 28.7 Å². The average Bonchev–Trinajstić information content (AvgIpc) is 2.51. The number of benzene rings is 2. The number of fused-ring (bicyclic) bond motifs is 1. The van der Waals surface area contributed by atoms with Crippen molar-refractivity contribution in [2.75, 3.05) is 7.11 Å². The monoisotopic (exact) mass is 316 g/mol. The Labute approximate surface area is 129 Å². The quantitative estimate of drug-likeness (QED) is 0.572. The van der Waals surface area contributed by atoms with Crippen LogP contribution >= 0.6 is 0 Å². The molecule has 7 heteroatoms. The SMILES string of the molecule is COc1c(O)cc(O)c2c(=O)c(O)c(-c3ccc(O)cc3)oc12. The fourth-order valence-electron chi connectivity index (χ4n) is 2.31. The Bertz CT molecular complexity index is 955. The van der Waals surface area contributed by atoms with Gasteiger partial charge in [-0.3, -0.25) is 4.79 Å². The first-order valence-corrected chi connectivity index (χ1v) is 6.52. The lowest BCUT2D eigenvalue weighted by Gasteiger charge is -2.11. The van der Waals surface area contributed by atoms with Crippen LogP contribution < -0.4 is 10.2 Å². The van der Waals surface area contributed by atoms with Crippen molar-refractivity contribution in [2.45, 2.75) is 0 Å². The van der Waals surface area contributed by atoms with Gasteiger partial charge in [-0.05, 0) is 24.3 Å². The highest BCUT2D eigenvalue weighted by Gasteiger charge is 2.23. The lowest BCUT2D eigenvalue weighted by atomic mass is 10.1. The molecule has 2 aromatic carbocycles. The van der Waals surface area contributed by atoms with Gasteiger partial charge in [0.2, 0.25) is 16.9 Å². The van der Waals surface area contributed by atoms with E-state index in [0.29, 0.717) is 5.56 Å². The highest BCUT2D eigenvalue weighted by atomic mass is 16.5. The molecule has 0 saturated heterocycles. The summed E-state index contributed by atoms with van der Waals surface area (Å²) in [6.45, 7) is 0. The Morgan fingerprint density at radius 2 is 1.65 bits per heavy atom. The molecule has 0 saturated carbocycles. The molecule has 7 nitrogen and oxygen atoms in total. The summed E-state index contributed by atoms with van der Waals surface area (Å²) in [5.74, 6) is -1.97. The fraction of sp³-hybridized carbons (Fsp3) is 0.0625. The number of aromatic hydroxyl groups is 4. The minimum atomic E-state index is -0.870. The van der Waals surface area contributed by atoms with Gasteiger partial charge in [0, 0.05) is 11.6 Å². The van der Waals surface area contributed by atoms with Crippen LogP contribution in [0.15, 0.2) is 39.5 Å². The lowest BCUT2D eigenvalue weighted by Crippen LogP contribution is -2.04. The molecule has 0 spiro atoms. The lowest BCUT2D eigenvalue weighted by molar-refractivity contribution is 0.365. The fourth-order valence-corrected chi connectivity index (χ4v) is 2.31. The highest BCUT2D eigenvalue weighted by molar-refractivity contribution is 5.93. The Kier molecular flexibility index (Phi) is 3.25. The van der Waals surface area contributed by atoms with Gasteiger partial charge in [0.25, 0.3) is 0 Å². The molecule has 0 amide bonds. The molecule has 0 aliphatic heterocycles. The first-order valence-electron chi connectivity index (χ1n) is 6.52. The number of ether oxygens (including phenoxy) is 1. The average molecular weight is 316 g/mol. The summed E-state index contributed by atoms with van der Waals surface area (Å²) < 4.78 is 10.5. The summed E-state index contributed by atoms with van der Waals surface area (Å²) in [6, 6.07) is 6.52. The van der Waals surface area contributed by atoms with Gasteiger partial charge in [0.15, 0.2) is 17.1 Å². The van der Waals surface area contributed by atoms with Crippen LogP contribution in [0.2, 0.25) is 0 Å². The van der Waals surface area contributed by atoms with Crippen molar-refractivity contribution in [3.63, 3.8) is 0 Å². The smallest absolute Gasteiger partial charge is 0.238 e. The molecule has 0 atom stereocenters. The van der Waals surface area contributed by atoms with Gasteiger partial charge in [-0.1, -0.05) is 0 Å². The maximum atomic E-state index is 12.3. The molecule has 118 valence electrons. The second-order valence-electron chi connectivity index (χ2n) is 4.81. The van der Waals surface area contributed by atoms with E-state index in [1.54, 1.807) is 0 Å². The standard InChI is InChI=1S/C16H12O7/c1-22-15-10(19)6-9(18)11-12(20)13(21)14(23-16(11)15)7-2-4-8(17)5-3-7/h2-6,17-19,21H,1H3. The maximum absolute atomic E-state index is 12.3. The van der Waals surface area contributed by atoms with Crippen LogP contribution in [0.4, 0.5) is 0 Å². The number of methoxy groups -OCH3 is 1. The molecule has 4 N–H and O–H groups in total. The van der Waals surface area contributed by atoms with Crippen LogP contribution in [-0.2, 0) is 0 Å². The van der Waals surface area contributed by atoms with E-state index in [4.69, 9.17) is 9.15 Å². The second-order valence-corrected chi connectivity index (χ2v) is 4.81. The Hall–Kier alpha value is -3.35. The zero-order valence-corrected chi connectivity index (χ0v) is 11.9. The molecule has 3 aromatic rings. The van der Waals surface area contributed by atoms with Gasteiger partial charge in [0.1, 0.15) is 16.9 Å². The molecule has 0 aliphatic rings. The third kappa shape index (κ3) is 2.18. The molecular formula is C16H12O7. The number of rotatable bonds is 2. The molecular weight excluding hydrogens is 304 g/mol. The molecule has 0 bridgehead atoms. The van der Waals surface area contributed by atoms with E-state index < -0.39 is 22.7 Å². The number of phenols is 3. The van der Waals surface area contributed by atoms with E-state index in [1.165, 1.54) is 31.4 Å². The van der Waals surface area contributed by atoms with Crippen LogP contribution in [-0.4, -0.2) is 27.5 Å². The number of phenolic OH excluding ortho intramolecular Hbond substituents is 3. The largest absolute Gasteiger partial charge is 0.508 e. The van der Waals surface area contributed by atoms with Crippen molar-refractivity contribution in [1.29, 1.82) is 0 Å². The van der Waals surface area contributed by atoms with E-state index in [0.717, 1.165) is 6.07 Å². The molecule has 0 fully saturated rings. The summed E-state index contributed by atoms with van der Waals surface area (Å²) in [4.78, 5) is 12.3. The summed E-state index contributed by atoms with van der Waals surface area (Å²) in [5, 5.41) is 38.8. The van der Waals surface area contributed by atoms with E-state index in [9.17, 15) is 25.2 Å². The predicted octanol–water partition coefficient (Wildman–Crippen LogP) is 2.29. The first-order chi connectivity index (χ1) is 10.9. The Morgan fingerprint density at radius 3 is 2.26 bits per heavy atom. The zero-order chi connectivity index (χ0) is 16.7. The summed E-state index contributed by atoms with van der Waals surface area (Å²) >= 11 is 0. The van der Waals surface area contributed by atoms with Gasteiger partial charge in [0.05, 0.1) is 7.11 Å². The van der Waals surface area contributed by atoms with Crippen LogP contribution in [0.25, 0.3) is 22.3 Å². The van der Waals surface area contributed by atoms with Crippen molar-refractivity contribution in [2.24, 2.45) is 0 Å². The summed E-state index contributed by atoms with van der Waals surface area (Å²) in [7, 11) is 1.26. The predicted molar refractivity (Wildman–Crippen MR) is 81.1 cm³/mol. The van der Waals surface area contributed by atoms with E-state index in [1.807, 2.05) is 0 Å². The number of hydrogen-bond acceptors (Lipinski definition) is 7. The van der Waals surface area contributed by atoms with Crippen LogP contribution in [0, 0.1) is 0 Å². The third-order valence-electron chi connectivity index (χ3n) is 3.39. The molecule has 0 radical (unpaired) electrons.